The van der Waals surface area contributed by atoms with Crippen molar-refractivity contribution in [2.24, 2.45) is 4.99 Å². The van der Waals surface area contributed by atoms with Gasteiger partial charge in [0.05, 0.1) is 0 Å². The smallest absolute Gasteiger partial charge is 0.405 e. The van der Waals surface area contributed by atoms with Gasteiger partial charge in [-0.05, 0) is 23.6 Å². The van der Waals surface area contributed by atoms with Crippen molar-refractivity contribution in [3.63, 3.8) is 0 Å². The van der Waals surface area contributed by atoms with Crippen LogP contribution in [0.25, 0.3) is 0 Å². The number of carbonyl (C=O) groups excluding carboxylic acids is 1. The molecule has 0 atom stereocenters. The average Bonchev–Trinajstić information content (AvgIpc) is 3.13. The second-order valence-electron chi connectivity index (χ2n) is 7.17. The van der Waals surface area contributed by atoms with E-state index in [1.165, 1.54) is 12.1 Å². The molecular weight excluding hydrogens is 409 g/mol. The zero-order valence-corrected chi connectivity index (χ0v) is 17.2. The lowest BCUT2D eigenvalue weighted by Crippen LogP contribution is -2.36. The molecule has 0 unspecified atom stereocenters. The first-order chi connectivity index (χ1) is 14.8. The summed E-state index contributed by atoms with van der Waals surface area (Å²) in [5, 5.41) is 6.13. The molecule has 9 heteroatoms. The van der Waals surface area contributed by atoms with E-state index in [-0.39, 0.29) is 18.2 Å². The van der Waals surface area contributed by atoms with Crippen LogP contribution in [-0.4, -0.2) is 36.7 Å². The third-order valence-electron chi connectivity index (χ3n) is 4.90. The summed E-state index contributed by atoms with van der Waals surface area (Å²) in [6.07, 6.45) is -3.20. The Morgan fingerprint density at radius 2 is 1.74 bits per heavy atom. The van der Waals surface area contributed by atoms with Gasteiger partial charge in [-0.3, -0.25) is 9.79 Å². The van der Waals surface area contributed by atoms with Crippen molar-refractivity contribution in [1.82, 2.24) is 15.5 Å². The largest absolute Gasteiger partial charge is 0.573 e. The van der Waals surface area contributed by atoms with Gasteiger partial charge in [0.25, 0.3) is 0 Å². The zero-order valence-electron chi connectivity index (χ0n) is 17.2. The summed E-state index contributed by atoms with van der Waals surface area (Å²) in [7, 11) is 1.59. The third-order valence-corrected chi connectivity index (χ3v) is 4.90. The van der Waals surface area contributed by atoms with Crippen molar-refractivity contribution in [3.8, 4) is 5.75 Å². The molecule has 3 rings (SSSR count). The molecule has 1 aliphatic rings. The Bertz CT molecular complexity index is 914. The number of nitrogens with one attached hydrogen (secondary N) is 2. The van der Waals surface area contributed by atoms with Crippen LogP contribution in [0.1, 0.15) is 29.5 Å². The number of halogens is 3. The number of likely N-dealkylation sites (tertiary alicyclic amines) is 1. The quantitative estimate of drug-likeness (QED) is 0.517. The molecular formula is C22H25F3N4O2. The predicted molar refractivity (Wildman–Crippen MR) is 111 cm³/mol. The Hall–Kier alpha value is -3.23. The molecule has 1 saturated heterocycles. The summed E-state index contributed by atoms with van der Waals surface area (Å²) in [6, 6.07) is 13.9. The number of hydrogen-bond acceptors (Lipinski definition) is 3. The number of nitrogens with zero attached hydrogens (tertiary/aromatic N) is 2. The number of benzene rings is 2. The van der Waals surface area contributed by atoms with Gasteiger partial charge in [0.15, 0.2) is 5.96 Å². The number of amides is 1. The van der Waals surface area contributed by atoms with E-state index in [1.54, 1.807) is 19.2 Å². The van der Waals surface area contributed by atoms with E-state index in [0.717, 1.165) is 24.1 Å². The van der Waals surface area contributed by atoms with E-state index in [1.807, 2.05) is 29.2 Å². The van der Waals surface area contributed by atoms with Gasteiger partial charge < -0.3 is 20.3 Å². The fourth-order valence-corrected chi connectivity index (χ4v) is 3.31. The highest BCUT2D eigenvalue weighted by molar-refractivity contribution is 5.79. The maximum Gasteiger partial charge on any atom is 0.573 e. The molecule has 0 bridgehead atoms. The van der Waals surface area contributed by atoms with Crippen molar-refractivity contribution in [2.75, 3.05) is 13.6 Å². The first-order valence-corrected chi connectivity index (χ1v) is 9.98. The zero-order chi connectivity index (χ0) is 22.3. The molecule has 2 aromatic rings. The number of aliphatic imine (C=N–C) groups is 1. The summed E-state index contributed by atoms with van der Waals surface area (Å²) in [5.41, 5.74) is 2.45. The molecule has 31 heavy (non-hydrogen) atoms. The lowest BCUT2D eigenvalue weighted by Gasteiger charge is -2.16. The van der Waals surface area contributed by atoms with Crippen molar-refractivity contribution in [3.05, 3.63) is 65.2 Å². The fraction of sp³-hybridized carbons (Fsp3) is 0.364. The van der Waals surface area contributed by atoms with Gasteiger partial charge in [-0.25, -0.2) is 0 Å². The molecule has 1 fully saturated rings. The Balaban J connectivity index is 1.50. The van der Waals surface area contributed by atoms with Gasteiger partial charge in [0.1, 0.15) is 5.75 Å². The Morgan fingerprint density at radius 3 is 2.39 bits per heavy atom. The molecule has 6 nitrogen and oxygen atoms in total. The molecule has 166 valence electrons. The van der Waals surface area contributed by atoms with Gasteiger partial charge in [-0.2, -0.15) is 0 Å². The normalized spacial score (nSPS) is 14.6. The van der Waals surface area contributed by atoms with Crippen LogP contribution in [0.15, 0.2) is 53.5 Å². The Kier molecular flexibility index (Phi) is 7.38. The molecule has 2 N–H and O–H groups in total. The summed E-state index contributed by atoms with van der Waals surface area (Å²) >= 11 is 0. The predicted octanol–water partition coefficient (Wildman–Crippen LogP) is 3.57. The highest BCUT2D eigenvalue weighted by Gasteiger charge is 2.31. The summed E-state index contributed by atoms with van der Waals surface area (Å²) in [4.78, 5) is 17.7. The monoisotopic (exact) mass is 434 g/mol. The number of para-hydroxylation sites is 1. The average molecular weight is 434 g/mol. The van der Waals surface area contributed by atoms with E-state index in [9.17, 15) is 18.0 Å². The third kappa shape index (κ3) is 6.91. The molecule has 2 aromatic carbocycles. The number of guanidine groups is 1. The first-order valence-electron chi connectivity index (χ1n) is 9.98. The van der Waals surface area contributed by atoms with Crippen LogP contribution < -0.4 is 15.4 Å². The van der Waals surface area contributed by atoms with Gasteiger partial charge in [-0.15, -0.1) is 13.2 Å². The highest BCUT2D eigenvalue weighted by Crippen LogP contribution is 2.26. The second kappa shape index (κ2) is 10.2. The van der Waals surface area contributed by atoms with Crippen molar-refractivity contribution >= 4 is 11.9 Å². The van der Waals surface area contributed by atoms with Gasteiger partial charge in [0.2, 0.25) is 5.91 Å². The molecule has 0 radical (unpaired) electrons. The summed E-state index contributed by atoms with van der Waals surface area (Å²) in [5.74, 6) is 0.404. The molecule has 0 aromatic heterocycles. The van der Waals surface area contributed by atoms with Gasteiger partial charge in [-0.1, -0.05) is 42.5 Å². The van der Waals surface area contributed by atoms with Crippen molar-refractivity contribution in [1.29, 1.82) is 0 Å². The maximum atomic E-state index is 12.6. The number of rotatable bonds is 7. The minimum Gasteiger partial charge on any atom is -0.405 e. The van der Waals surface area contributed by atoms with Crippen LogP contribution in [-0.2, 0) is 24.4 Å². The van der Waals surface area contributed by atoms with Crippen LogP contribution in [0.5, 0.6) is 5.75 Å². The van der Waals surface area contributed by atoms with Gasteiger partial charge >= 0.3 is 6.36 Å². The van der Waals surface area contributed by atoms with Crippen LogP contribution >= 0.6 is 0 Å². The number of carbonyl (C=O) groups is 1. The lowest BCUT2D eigenvalue weighted by molar-refractivity contribution is -0.274. The van der Waals surface area contributed by atoms with E-state index in [2.05, 4.69) is 20.4 Å². The topological polar surface area (TPSA) is 66.0 Å². The van der Waals surface area contributed by atoms with E-state index in [0.29, 0.717) is 31.0 Å². The van der Waals surface area contributed by atoms with Crippen molar-refractivity contribution in [2.45, 2.75) is 38.8 Å². The Morgan fingerprint density at radius 1 is 1.06 bits per heavy atom. The number of ether oxygens (including phenoxy) is 1. The first kappa shape index (κ1) is 22.5. The summed E-state index contributed by atoms with van der Waals surface area (Å²) in [6.45, 7) is 2.04. The van der Waals surface area contributed by atoms with Crippen LogP contribution in [0.4, 0.5) is 13.2 Å². The van der Waals surface area contributed by atoms with E-state index < -0.39 is 6.36 Å². The molecule has 1 heterocycles. The highest BCUT2D eigenvalue weighted by atomic mass is 19.4. The minimum atomic E-state index is -4.75. The molecule has 0 spiro atoms. The number of hydrogen-bond donors (Lipinski definition) is 2. The SMILES string of the molecule is CN=C(NCc1ccc(CN2CCCC2=O)cc1)NCc1ccccc1OC(F)(F)F. The summed E-state index contributed by atoms with van der Waals surface area (Å²) < 4.78 is 41.7. The minimum absolute atomic E-state index is 0.120. The van der Waals surface area contributed by atoms with E-state index >= 15 is 0 Å². The standard InChI is InChI=1S/C22H25F3N4O2/c1-26-21(28-14-18-5-2-3-6-19(18)31-22(23,24)25)27-13-16-8-10-17(11-9-16)15-29-12-4-7-20(29)30/h2-3,5-6,8-11H,4,7,12-15H2,1H3,(H2,26,27,28). The lowest BCUT2D eigenvalue weighted by atomic mass is 10.1. The molecule has 1 aliphatic heterocycles. The molecule has 1 amide bonds. The second-order valence-corrected chi connectivity index (χ2v) is 7.17. The Labute approximate surface area is 179 Å². The van der Waals surface area contributed by atoms with Crippen LogP contribution in [0.3, 0.4) is 0 Å². The number of alkyl halides is 3. The molecule has 0 aliphatic carbocycles. The fourth-order valence-electron chi connectivity index (χ4n) is 3.31. The molecule has 0 saturated carbocycles. The van der Waals surface area contributed by atoms with Crippen molar-refractivity contribution < 1.29 is 22.7 Å². The van der Waals surface area contributed by atoms with Crippen LogP contribution in [0.2, 0.25) is 0 Å². The maximum absolute atomic E-state index is 12.6. The van der Waals surface area contributed by atoms with Gasteiger partial charge in [0, 0.05) is 45.2 Å². The van der Waals surface area contributed by atoms with Crippen LogP contribution in [0, 0.1) is 0 Å². The van der Waals surface area contributed by atoms with E-state index in [4.69, 9.17) is 0 Å².